The summed E-state index contributed by atoms with van der Waals surface area (Å²) in [7, 11) is 1.62. The van der Waals surface area contributed by atoms with E-state index in [0.717, 1.165) is 50.7 Å². The number of carbonyl (C=O) groups excluding carboxylic acids is 1. The Bertz CT molecular complexity index is 2000. The summed E-state index contributed by atoms with van der Waals surface area (Å²) in [5.74, 6) is 0.391. The molecule has 1 aliphatic carbocycles. The van der Waals surface area contributed by atoms with Crippen LogP contribution in [0, 0.1) is 11.6 Å². The molecule has 54 heavy (non-hydrogen) atoms. The van der Waals surface area contributed by atoms with Crippen molar-refractivity contribution in [1.29, 1.82) is 0 Å². The number of benzene rings is 3. The molecule has 1 saturated carbocycles. The molecule has 4 heterocycles. The monoisotopic (exact) mass is 736 g/mol. The molecule has 4 fully saturated rings. The highest BCUT2D eigenvalue weighted by Gasteiger charge is 2.34. The molecule has 1 amide bonds. The summed E-state index contributed by atoms with van der Waals surface area (Å²) >= 11 is 0. The molecule has 13 heteroatoms. The number of methoxy groups -OCH3 is 1. The number of aromatic nitrogens is 2. The summed E-state index contributed by atoms with van der Waals surface area (Å²) in [6.45, 7) is 10.4. The molecule has 3 aliphatic heterocycles. The standard InChI is InChI=1S/C41H46F2N8O3/c1-3-41(52)47-34-23-35(38(53-2)24-37(34)50-12-9-33(10-13-50)49-16-14-48(15-17-49)32-7-8-32)46-39-25-40(45-26-44-39)51-36(11-18-54-51)29-19-28(21-31(43)22-29)27-5-4-6-30(42)20-27/h3-6,19-26,32-33,36H,1,7-18H2,2H3,(H,47,52)(H,44,45,46). The normalized spacial score (nSPS) is 19.9. The van der Waals surface area contributed by atoms with Gasteiger partial charge in [-0.15, -0.1) is 0 Å². The maximum atomic E-state index is 14.9. The molecule has 0 radical (unpaired) electrons. The number of piperidine rings is 1. The summed E-state index contributed by atoms with van der Waals surface area (Å²) in [5.41, 5.74) is 3.95. The molecule has 1 unspecified atom stereocenters. The first-order chi connectivity index (χ1) is 26.3. The number of amides is 1. The van der Waals surface area contributed by atoms with Gasteiger partial charge in [-0.3, -0.25) is 19.4 Å². The number of nitrogens with zero attached hydrogens (tertiary/aromatic N) is 6. The zero-order valence-electron chi connectivity index (χ0n) is 30.5. The maximum absolute atomic E-state index is 14.9. The van der Waals surface area contributed by atoms with Crippen LogP contribution in [0.4, 0.5) is 37.5 Å². The van der Waals surface area contributed by atoms with Gasteiger partial charge in [0.25, 0.3) is 0 Å². The minimum absolute atomic E-state index is 0.310. The van der Waals surface area contributed by atoms with Crippen molar-refractivity contribution in [2.24, 2.45) is 0 Å². The summed E-state index contributed by atoms with van der Waals surface area (Å²) in [6.07, 6.45) is 8.09. The van der Waals surface area contributed by atoms with E-state index in [2.05, 4.69) is 41.9 Å². The van der Waals surface area contributed by atoms with Crippen molar-refractivity contribution in [3.63, 3.8) is 0 Å². The SMILES string of the molecule is C=CC(=O)Nc1cc(Nc2cc(N3OCCC3c3cc(F)cc(-c4cccc(F)c4)c3)ncn2)c(OC)cc1N1CCC(N2CCN(C3CC3)CC2)CC1. The van der Waals surface area contributed by atoms with Crippen LogP contribution in [0.15, 0.2) is 79.6 Å². The van der Waals surface area contributed by atoms with Crippen molar-refractivity contribution in [1.82, 2.24) is 19.8 Å². The van der Waals surface area contributed by atoms with Crippen LogP contribution in [0.1, 0.15) is 43.7 Å². The van der Waals surface area contributed by atoms with E-state index in [4.69, 9.17) is 9.57 Å². The highest BCUT2D eigenvalue weighted by atomic mass is 19.1. The van der Waals surface area contributed by atoms with Crippen LogP contribution in [0.2, 0.25) is 0 Å². The fourth-order valence-corrected chi connectivity index (χ4v) is 8.07. The van der Waals surface area contributed by atoms with Crippen LogP contribution in [0.25, 0.3) is 11.1 Å². The predicted octanol–water partition coefficient (Wildman–Crippen LogP) is 6.93. The fraction of sp³-hybridized carbons (Fsp3) is 0.390. The Hall–Kier alpha value is -5.11. The van der Waals surface area contributed by atoms with Gasteiger partial charge in [0.05, 0.1) is 36.8 Å². The Morgan fingerprint density at radius 3 is 2.30 bits per heavy atom. The molecular weight excluding hydrogens is 690 g/mol. The number of nitrogens with one attached hydrogen (secondary N) is 2. The minimum Gasteiger partial charge on any atom is -0.494 e. The van der Waals surface area contributed by atoms with E-state index in [1.807, 2.05) is 18.2 Å². The number of hydroxylamine groups is 1. The van der Waals surface area contributed by atoms with E-state index < -0.39 is 5.82 Å². The van der Waals surface area contributed by atoms with E-state index in [0.29, 0.717) is 64.5 Å². The van der Waals surface area contributed by atoms with Gasteiger partial charge in [-0.25, -0.2) is 23.8 Å². The third kappa shape index (κ3) is 7.89. The van der Waals surface area contributed by atoms with Crippen LogP contribution < -0.4 is 25.3 Å². The summed E-state index contributed by atoms with van der Waals surface area (Å²) in [5, 5.41) is 8.02. The molecule has 4 aliphatic rings. The van der Waals surface area contributed by atoms with E-state index in [1.165, 1.54) is 62.6 Å². The lowest BCUT2D eigenvalue weighted by atomic mass is 9.97. The second kappa shape index (κ2) is 15.7. The smallest absolute Gasteiger partial charge is 0.247 e. The summed E-state index contributed by atoms with van der Waals surface area (Å²) in [4.78, 5) is 35.3. The molecule has 3 saturated heterocycles. The number of rotatable bonds is 11. The molecule has 282 valence electrons. The topological polar surface area (TPSA) is 98.3 Å². The zero-order valence-corrected chi connectivity index (χ0v) is 30.5. The van der Waals surface area contributed by atoms with Crippen LogP contribution in [0.5, 0.6) is 5.75 Å². The maximum Gasteiger partial charge on any atom is 0.247 e. The largest absolute Gasteiger partial charge is 0.494 e. The van der Waals surface area contributed by atoms with Gasteiger partial charge in [0, 0.05) is 69.9 Å². The first-order valence-electron chi connectivity index (χ1n) is 18.8. The van der Waals surface area contributed by atoms with Gasteiger partial charge in [0.1, 0.15) is 29.5 Å². The average Bonchev–Trinajstić information content (AvgIpc) is 3.93. The highest BCUT2D eigenvalue weighted by Crippen LogP contribution is 2.41. The molecular formula is C41H46F2N8O3. The second-order valence-electron chi connectivity index (χ2n) is 14.4. The van der Waals surface area contributed by atoms with Gasteiger partial charge in [-0.1, -0.05) is 18.7 Å². The van der Waals surface area contributed by atoms with Gasteiger partial charge in [-0.2, -0.15) is 0 Å². The lowest BCUT2D eigenvalue weighted by Crippen LogP contribution is -2.53. The Labute approximate surface area is 314 Å². The molecule has 2 N–H and O–H groups in total. The fourth-order valence-electron chi connectivity index (χ4n) is 8.07. The Morgan fingerprint density at radius 1 is 0.852 bits per heavy atom. The third-order valence-electron chi connectivity index (χ3n) is 11.0. The number of piperazine rings is 1. The lowest BCUT2D eigenvalue weighted by Gasteiger charge is -2.43. The number of ether oxygens (including phenoxy) is 1. The first kappa shape index (κ1) is 35.9. The number of hydrogen-bond donors (Lipinski definition) is 2. The van der Waals surface area contributed by atoms with Gasteiger partial charge < -0.3 is 20.3 Å². The van der Waals surface area contributed by atoms with Gasteiger partial charge in [-0.05, 0) is 84.8 Å². The molecule has 1 atom stereocenters. The Balaban J connectivity index is 1.00. The molecule has 4 aromatic rings. The molecule has 0 bridgehead atoms. The second-order valence-corrected chi connectivity index (χ2v) is 14.4. The summed E-state index contributed by atoms with van der Waals surface area (Å²) in [6, 6.07) is 17.4. The van der Waals surface area contributed by atoms with Crippen molar-refractivity contribution < 1.29 is 23.1 Å². The van der Waals surface area contributed by atoms with Crippen molar-refractivity contribution in [3.05, 3.63) is 96.8 Å². The highest BCUT2D eigenvalue weighted by molar-refractivity contribution is 6.02. The third-order valence-corrected chi connectivity index (χ3v) is 11.0. The number of halogens is 2. The van der Waals surface area contributed by atoms with Gasteiger partial charge >= 0.3 is 0 Å². The van der Waals surface area contributed by atoms with Crippen molar-refractivity contribution in [3.8, 4) is 16.9 Å². The number of carbonyl (C=O) groups is 1. The number of anilines is 5. The quantitative estimate of drug-likeness (QED) is 0.158. The van der Waals surface area contributed by atoms with Gasteiger partial charge in [0.2, 0.25) is 5.91 Å². The van der Waals surface area contributed by atoms with Crippen LogP contribution in [0.3, 0.4) is 0 Å². The molecule has 11 nitrogen and oxygen atoms in total. The summed E-state index contributed by atoms with van der Waals surface area (Å²) < 4.78 is 34.8. The zero-order chi connectivity index (χ0) is 37.2. The van der Waals surface area contributed by atoms with E-state index >= 15 is 0 Å². The molecule has 3 aromatic carbocycles. The first-order valence-corrected chi connectivity index (χ1v) is 18.8. The lowest BCUT2D eigenvalue weighted by molar-refractivity contribution is -0.111. The van der Waals surface area contributed by atoms with E-state index in [9.17, 15) is 13.6 Å². The predicted molar refractivity (Wildman–Crippen MR) is 206 cm³/mol. The van der Waals surface area contributed by atoms with Crippen molar-refractivity contribution >= 4 is 34.6 Å². The van der Waals surface area contributed by atoms with Crippen molar-refractivity contribution in [2.45, 2.75) is 50.2 Å². The molecule has 1 aromatic heterocycles. The molecule has 8 rings (SSSR count). The van der Waals surface area contributed by atoms with E-state index in [-0.39, 0.29) is 17.8 Å². The molecule has 0 spiro atoms. The number of hydrogen-bond acceptors (Lipinski definition) is 10. The van der Waals surface area contributed by atoms with Crippen LogP contribution in [-0.2, 0) is 9.63 Å². The van der Waals surface area contributed by atoms with Crippen LogP contribution >= 0.6 is 0 Å². The average molecular weight is 737 g/mol. The van der Waals surface area contributed by atoms with Crippen LogP contribution in [-0.4, -0.2) is 90.7 Å². The van der Waals surface area contributed by atoms with E-state index in [1.54, 1.807) is 30.4 Å². The Morgan fingerprint density at radius 2 is 1.59 bits per heavy atom. The van der Waals surface area contributed by atoms with Gasteiger partial charge in [0.15, 0.2) is 5.82 Å². The van der Waals surface area contributed by atoms with Crippen molar-refractivity contribution in [2.75, 3.05) is 73.6 Å². The minimum atomic E-state index is -0.426. The Kier molecular flexibility index (Phi) is 10.4.